The van der Waals surface area contributed by atoms with E-state index in [2.05, 4.69) is 22.0 Å². The third-order valence-corrected chi connectivity index (χ3v) is 6.92. The Kier molecular flexibility index (Phi) is 4.23. The van der Waals surface area contributed by atoms with Crippen molar-refractivity contribution in [2.75, 3.05) is 0 Å². The van der Waals surface area contributed by atoms with Crippen molar-refractivity contribution >= 4 is 21.8 Å². The van der Waals surface area contributed by atoms with Crippen LogP contribution in [0.4, 0.5) is 4.39 Å². The second-order valence-electron chi connectivity index (χ2n) is 7.52. The number of halogens is 2. The summed E-state index contributed by atoms with van der Waals surface area (Å²) >= 11 is 3.13. The van der Waals surface area contributed by atoms with Crippen molar-refractivity contribution in [3.05, 3.63) is 34.1 Å². The van der Waals surface area contributed by atoms with Crippen molar-refractivity contribution in [1.29, 1.82) is 21.2 Å². The number of hydrogen-bond acceptors (Lipinski definition) is 6. The van der Waals surface area contributed by atoms with Crippen molar-refractivity contribution in [2.24, 2.45) is 16.7 Å². The molecule has 1 aliphatic carbocycles. The number of ether oxygens (including phenoxy) is 2. The van der Waals surface area contributed by atoms with Crippen LogP contribution in [0.5, 0.6) is 0 Å². The van der Waals surface area contributed by atoms with Gasteiger partial charge in [-0.15, -0.1) is 0 Å². The zero-order chi connectivity index (χ0) is 20.2. The molecule has 0 spiro atoms. The summed E-state index contributed by atoms with van der Waals surface area (Å²) in [5.74, 6) is -2.69. The number of rotatable bonds is 1. The number of benzene rings is 1. The van der Waals surface area contributed by atoms with Gasteiger partial charge in [0.15, 0.2) is 5.41 Å². The molecule has 4 rings (SSSR count). The quantitative estimate of drug-likeness (QED) is 0.687. The summed E-state index contributed by atoms with van der Waals surface area (Å²) in [5, 5.41) is 39.0. The molecule has 2 heterocycles. The van der Waals surface area contributed by atoms with E-state index in [-0.39, 0.29) is 10.4 Å². The van der Waals surface area contributed by atoms with Crippen LogP contribution in [0.25, 0.3) is 0 Å². The molecule has 3 fully saturated rings. The molecule has 2 saturated heterocycles. The minimum absolute atomic E-state index is 0.160. The SMILES string of the molecule is N#CC1(C#N)C(c2ccc(F)c(Br)c2)OC23CCCCCC2C1(C#N)C(=N)O3. The molecule has 2 aliphatic heterocycles. The molecule has 1 aromatic rings. The lowest BCUT2D eigenvalue weighted by atomic mass is 9.52. The molecular formula is C20H16BrFN4O2. The Morgan fingerprint density at radius 3 is 2.54 bits per heavy atom. The average Bonchev–Trinajstić information content (AvgIpc) is 2.82. The van der Waals surface area contributed by atoms with Crippen molar-refractivity contribution in [3.8, 4) is 18.2 Å². The van der Waals surface area contributed by atoms with Gasteiger partial charge in [-0.25, -0.2) is 4.39 Å². The van der Waals surface area contributed by atoms with E-state index >= 15 is 0 Å². The summed E-state index contributed by atoms with van der Waals surface area (Å²) < 4.78 is 26.1. The standard InChI is InChI=1S/C20H16BrFN4O2/c21-13-8-12(5-6-14(13)22)16-18(9-23,10-24)19(11-25)15-4-2-1-3-7-20(15,27-16)28-17(19)26/h5-6,8,15-16,26H,1-4,7H2. The smallest absolute Gasteiger partial charge is 0.217 e. The molecule has 28 heavy (non-hydrogen) atoms. The van der Waals surface area contributed by atoms with Gasteiger partial charge in [0.25, 0.3) is 0 Å². The lowest BCUT2D eigenvalue weighted by Gasteiger charge is -2.49. The third kappa shape index (κ3) is 2.09. The van der Waals surface area contributed by atoms with Crippen molar-refractivity contribution in [2.45, 2.75) is 44.0 Å². The van der Waals surface area contributed by atoms with E-state index in [0.29, 0.717) is 18.4 Å². The van der Waals surface area contributed by atoms with Gasteiger partial charge >= 0.3 is 0 Å². The second-order valence-corrected chi connectivity index (χ2v) is 8.37. The van der Waals surface area contributed by atoms with Gasteiger partial charge in [-0.1, -0.05) is 18.9 Å². The van der Waals surface area contributed by atoms with E-state index in [9.17, 15) is 20.2 Å². The van der Waals surface area contributed by atoms with Crippen molar-refractivity contribution in [3.63, 3.8) is 0 Å². The molecule has 1 saturated carbocycles. The zero-order valence-corrected chi connectivity index (χ0v) is 16.4. The molecule has 0 aromatic heterocycles. The molecule has 1 N–H and O–H groups in total. The molecule has 8 heteroatoms. The van der Waals surface area contributed by atoms with Crippen LogP contribution in [0.2, 0.25) is 0 Å². The molecule has 1 aromatic carbocycles. The Morgan fingerprint density at radius 1 is 1.14 bits per heavy atom. The fourth-order valence-electron chi connectivity index (χ4n) is 5.01. The minimum Gasteiger partial charge on any atom is -0.447 e. The normalized spacial score (nSPS) is 35.5. The highest BCUT2D eigenvalue weighted by atomic mass is 79.9. The molecular weight excluding hydrogens is 427 g/mol. The first-order chi connectivity index (χ1) is 13.4. The lowest BCUT2D eigenvalue weighted by molar-refractivity contribution is -0.284. The first kappa shape index (κ1) is 18.9. The molecule has 6 nitrogen and oxygen atoms in total. The summed E-state index contributed by atoms with van der Waals surface area (Å²) in [6.07, 6.45) is 2.35. The first-order valence-corrected chi connectivity index (χ1v) is 9.84. The van der Waals surface area contributed by atoms with Crippen molar-refractivity contribution in [1.82, 2.24) is 0 Å². The highest BCUT2D eigenvalue weighted by molar-refractivity contribution is 9.10. The Bertz CT molecular complexity index is 979. The number of nitrogens with one attached hydrogen (secondary N) is 1. The van der Waals surface area contributed by atoms with E-state index in [1.807, 2.05) is 12.1 Å². The van der Waals surface area contributed by atoms with Crippen LogP contribution in [0.15, 0.2) is 22.7 Å². The third-order valence-electron chi connectivity index (χ3n) is 6.31. The Morgan fingerprint density at radius 2 is 1.89 bits per heavy atom. The highest BCUT2D eigenvalue weighted by Crippen LogP contribution is 2.69. The summed E-state index contributed by atoms with van der Waals surface area (Å²) in [7, 11) is 0. The largest absolute Gasteiger partial charge is 0.447 e. The zero-order valence-electron chi connectivity index (χ0n) is 14.8. The van der Waals surface area contributed by atoms with Gasteiger partial charge in [0.2, 0.25) is 17.1 Å². The van der Waals surface area contributed by atoms with Crippen LogP contribution >= 0.6 is 15.9 Å². The van der Waals surface area contributed by atoms with Gasteiger partial charge in [0.1, 0.15) is 11.9 Å². The number of nitrogens with zero attached hydrogens (tertiary/aromatic N) is 3. The summed E-state index contributed by atoms with van der Waals surface area (Å²) in [5.41, 5.74) is -3.35. The summed E-state index contributed by atoms with van der Waals surface area (Å²) in [6.45, 7) is 0. The molecule has 4 atom stereocenters. The maximum Gasteiger partial charge on any atom is 0.217 e. The number of nitriles is 3. The fourth-order valence-corrected chi connectivity index (χ4v) is 5.41. The summed E-state index contributed by atoms with van der Waals surface area (Å²) in [4.78, 5) is 0. The van der Waals surface area contributed by atoms with Crippen LogP contribution < -0.4 is 0 Å². The molecule has 3 aliphatic rings. The molecule has 4 unspecified atom stereocenters. The summed E-state index contributed by atoms with van der Waals surface area (Å²) in [6, 6.07) is 10.3. The van der Waals surface area contributed by atoms with E-state index in [1.165, 1.54) is 18.2 Å². The first-order valence-electron chi connectivity index (χ1n) is 9.05. The molecule has 142 valence electrons. The van der Waals surface area contributed by atoms with Gasteiger partial charge in [-0.3, -0.25) is 5.41 Å². The predicted molar refractivity (Wildman–Crippen MR) is 97.7 cm³/mol. The van der Waals surface area contributed by atoms with Gasteiger partial charge in [-0.05, 0) is 46.5 Å². The van der Waals surface area contributed by atoms with E-state index in [4.69, 9.17) is 14.9 Å². The van der Waals surface area contributed by atoms with Gasteiger partial charge < -0.3 is 9.47 Å². The Labute approximate surface area is 170 Å². The fraction of sp³-hybridized carbons (Fsp3) is 0.500. The van der Waals surface area contributed by atoms with Crippen LogP contribution in [0.3, 0.4) is 0 Å². The van der Waals surface area contributed by atoms with Gasteiger partial charge in [0, 0.05) is 6.42 Å². The average molecular weight is 443 g/mol. The van der Waals surface area contributed by atoms with Crippen LogP contribution in [0.1, 0.15) is 43.8 Å². The van der Waals surface area contributed by atoms with E-state index < -0.39 is 34.5 Å². The van der Waals surface area contributed by atoms with Crippen molar-refractivity contribution < 1.29 is 13.9 Å². The van der Waals surface area contributed by atoms with Gasteiger partial charge in [0.05, 0.1) is 28.6 Å². The second kappa shape index (κ2) is 6.27. The minimum atomic E-state index is -1.99. The highest BCUT2D eigenvalue weighted by Gasteiger charge is 2.80. The van der Waals surface area contributed by atoms with E-state index in [0.717, 1.165) is 19.3 Å². The topological polar surface area (TPSA) is 114 Å². The molecule has 0 radical (unpaired) electrons. The maximum atomic E-state index is 13.8. The van der Waals surface area contributed by atoms with Gasteiger partial charge in [-0.2, -0.15) is 15.8 Å². The monoisotopic (exact) mass is 442 g/mol. The maximum absolute atomic E-state index is 13.8. The number of hydrogen-bond donors (Lipinski definition) is 1. The molecule has 0 amide bonds. The Balaban J connectivity index is 2.00. The lowest BCUT2D eigenvalue weighted by Crippen LogP contribution is -2.59. The van der Waals surface area contributed by atoms with E-state index in [1.54, 1.807) is 0 Å². The van der Waals surface area contributed by atoms with Crippen LogP contribution in [0, 0.1) is 62.0 Å². The molecule has 2 bridgehead atoms. The van der Waals surface area contributed by atoms with Crippen LogP contribution in [-0.2, 0) is 9.47 Å². The Hall–Kier alpha value is -2.47. The van der Waals surface area contributed by atoms with Crippen LogP contribution in [-0.4, -0.2) is 11.7 Å². The predicted octanol–water partition coefficient (Wildman–Crippen LogP) is 4.49.